The molecule has 1 N–H and O–H groups in total. The summed E-state index contributed by atoms with van der Waals surface area (Å²) in [6.07, 6.45) is 3.64. The summed E-state index contributed by atoms with van der Waals surface area (Å²) in [6, 6.07) is 7.28. The molecule has 94 valence electrons. The lowest BCUT2D eigenvalue weighted by Gasteiger charge is -2.25. The van der Waals surface area contributed by atoms with Crippen LogP contribution in [0, 0.1) is 0 Å². The Morgan fingerprint density at radius 2 is 1.94 bits per heavy atom. The van der Waals surface area contributed by atoms with Crippen LogP contribution in [-0.2, 0) is 25.7 Å². The van der Waals surface area contributed by atoms with Crippen molar-refractivity contribution in [3.8, 4) is 0 Å². The number of carbonyl (C=O) groups is 2. The van der Waals surface area contributed by atoms with Gasteiger partial charge in [0.25, 0.3) is 0 Å². The van der Waals surface area contributed by atoms with Gasteiger partial charge in [-0.2, -0.15) is 0 Å². The zero-order chi connectivity index (χ0) is 13.0. The van der Waals surface area contributed by atoms with E-state index in [4.69, 9.17) is 4.84 Å². The Kier molecular flexibility index (Phi) is 3.59. The quantitative estimate of drug-likeness (QED) is 0.634. The van der Waals surface area contributed by atoms with Crippen LogP contribution >= 0.6 is 0 Å². The molecule has 1 fully saturated rings. The normalized spacial score (nSPS) is 15.0. The van der Waals surface area contributed by atoms with Gasteiger partial charge in [0, 0.05) is 0 Å². The standard InChI is InChI=1S/C12H12N2O4/c1-2-3-4-9-5-7-10(8-6-9)14-13-17-11(15)12(16)18-14/h2,5-8,13H,1,3-4H2. The van der Waals surface area contributed by atoms with Gasteiger partial charge in [-0.3, -0.25) is 0 Å². The SMILES string of the molecule is C=CCCc1ccc(N2NOC(=O)C(=O)O2)cc1. The Hall–Kier alpha value is -2.34. The predicted molar refractivity (Wildman–Crippen MR) is 62.8 cm³/mol. The van der Waals surface area contributed by atoms with E-state index >= 15 is 0 Å². The van der Waals surface area contributed by atoms with Crippen LogP contribution < -0.4 is 10.8 Å². The van der Waals surface area contributed by atoms with Crippen LogP contribution in [0.15, 0.2) is 36.9 Å². The molecule has 6 heteroatoms. The minimum Gasteiger partial charge on any atom is -0.338 e. The van der Waals surface area contributed by atoms with Crippen molar-refractivity contribution in [3.05, 3.63) is 42.5 Å². The summed E-state index contributed by atoms with van der Waals surface area (Å²) >= 11 is 0. The van der Waals surface area contributed by atoms with E-state index in [0.717, 1.165) is 23.6 Å². The Morgan fingerprint density at radius 3 is 2.56 bits per heavy atom. The van der Waals surface area contributed by atoms with Gasteiger partial charge in [-0.1, -0.05) is 18.2 Å². The van der Waals surface area contributed by atoms with Crippen molar-refractivity contribution < 1.29 is 19.3 Å². The van der Waals surface area contributed by atoms with Gasteiger partial charge < -0.3 is 9.68 Å². The Labute approximate surface area is 104 Å². The topological polar surface area (TPSA) is 67.9 Å². The molecule has 0 radical (unpaired) electrons. The number of hydrazine groups is 1. The average molecular weight is 248 g/mol. The first kappa shape index (κ1) is 12.1. The molecule has 2 rings (SSSR count). The Bertz CT molecular complexity index is 469. The second-order valence-corrected chi connectivity index (χ2v) is 3.65. The first-order valence-electron chi connectivity index (χ1n) is 5.39. The van der Waals surface area contributed by atoms with E-state index in [0.29, 0.717) is 5.69 Å². The van der Waals surface area contributed by atoms with E-state index < -0.39 is 11.9 Å². The number of rotatable bonds is 4. The number of benzene rings is 1. The molecule has 0 saturated carbocycles. The molecule has 1 aliphatic rings. The molecule has 1 saturated heterocycles. The molecule has 1 aromatic rings. The summed E-state index contributed by atoms with van der Waals surface area (Å²) in [6.45, 7) is 3.66. The molecule has 1 aromatic carbocycles. The van der Waals surface area contributed by atoms with Crippen LogP contribution in [0.4, 0.5) is 5.69 Å². The molecule has 18 heavy (non-hydrogen) atoms. The molecule has 0 unspecified atom stereocenters. The summed E-state index contributed by atoms with van der Waals surface area (Å²) in [5, 5.41) is 0.987. The number of aryl methyl sites for hydroxylation is 1. The van der Waals surface area contributed by atoms with E-state index in [1.807, 2.05) is 18.2 Å². The third-order valence-corrected chi connectivity index (χ3v) is 2.37. The Morgan fingerprint density at radius 1 is 1.22 bits per heavy atom. The van der Waals surface area contributed by atoms with Gasteiger partial charge >= 0.3 is 11.9 Å². The highest BCUT2D eigenvalue weighted by Crippen LogP contribution is 2.16. The maximum atomic E-state index is 11.0. The lowest BCUT2D eigenvalue weighted by molar-refractivity contribution is -0.192. The maximum Gasteiger partial charge on any atom is 0.444 e. The number of carbonyl (C=O) groups excluding carboxylic acids is 2. The number of anilines is 1. The highest BCUT2D eigenvalue weighted by atomic mass is 16.9. The molecule has 1 aliphatic heterocycles. The molecule has 0 aromatic heterocycles. The van der Waals surface area contributed by atoms with Gasteiger partial charge in [0.2, 0.25) is 0 Å². The third kappa shape index (κ3) is 2.67. The smallest absolute Gasteiger partial charge is 0.338 e. The molecule has 0 spiro atoms. The summed E-state index contributed by atoms with van der Waals surface area (Å²) < 4.78 is 0. The molecule has 6 nitrogen and oxygen atoms in total. The van der Waals surface area contributed by atoms with E-state index in [1.54, 1.807) is 12.1 Å². The van der Waals surface area contributed by atoms with Crippen molar-refractivity contribution in [1.29, 1.82) is 0 Å². The molecule has 0 aliphatic carbocycles. The van der Waals surface area contributed by atoms with Crippen molar-refractivity contribution in [1.82, 2.24) is 5.59 Å². The van der Waals surface area contributed by atoms with Crippen LogP contribution in [0.5, 0.6) is 0 Å². The fourth-order valence-electron chi connectivity index (χ4n) is 1.44. The van der Waals surface area contributed by atoms with E-state index in [1.165, 1.54) is 0 Å². The van der Waals surface area contributed by atoms with Gasteiger partial charge in [-0.05, 0) is 36.1 Å². The largest absolute Gasteiger partial charge is 0.444 e. The lowest BCUT2D eigenvalue weighted by Crippen LogP contribution is -2.49. The first-order valence-corrected chi connectivity index (χ1v) is 5.39. The molecular formula is C12H12N2O4. The van der Waals surface area contributed by atoms with E-state index in [9.17, 15) is 9.59 Å². The Balaban J connectivity index is 2.03. The number of nitrogens with zero attached hydrogens (tertiary/aromatic N) is 1. The number of hydrogen-bond donors (Lipinski definition) is 1. The van der Waals surface area contributed by atoms with Gasteiger partial charge in [0.05, 0.1) is 5.69 Å². The third-order valence-electron chi connectivity index (χ3n) is 2.37. The van der Waals surface area contributed by atoms with Crippen molar-refractivity contribution >= 4 is 17.6 Å². The summed E-state index contributed by atoms with van der Waals surface area (Å²) in [5.41, 5.74) is 3.89. The van der Waals surface area contributed by atoms with Crippen molar-refractivity contribution in [2.24, 2.45) is 0 Å². The highest BCUT2D eigenvalue weighted by Gasteiger charge is 2.29. The summed E-state index contributed by atoms with van der Waals surface area (Å²) in [7, 11) is 0. The van der Waals surface area contributed by atoms with Gasteiger partial charge in [-0.15, -0.1) is 11.8 Å². The van der Waals surface area contributed by atoms with Crippen molar-refractivity contribution in [2.45, 2.75) is 12.8 Å². The molecule has 0 amide bonds. The summed E-state index contributed by atoms with van der Waals surface area (Å²) in [5.74, 6) is -2.14. The molecule has 1 heterocycles. The van der Waals surface area contributed by atoms with E-state index in [-0.39, 0.29) is 0 Å². The van der Waals surface area contributed by atoms with Crippen LogP contribution in [0.2, 0.25) is 0 Å². The zero-order valence-electron chi connectivity index (χ0n) is 9.59. The zero-order valence-corrected chi connectivity index (χ0v) is 9.59. The fourth-order valence-corrected chi connectivity index (χ4v) is 1.44. The maximum absolute atomic E-state index is 11.0. The van der Waals surface area contributed by atoms with Gasteiger partial charge in [0.15, 0.2) is 0 Å². The van der Waals surface area contributed by atoms with Crippen LogP contribution in [0.1, 0.15) is 12.0 Å². The van der Waals surface area contributed by atoms with Crippen molar-refractivity contribution in [3.63, 3.8) is 0 Å². The minimum absolute atomic E-state index is 0.554. The second kappa shape index (κ2) is 5.33. The van der Waals surface area contributed by atoms with Crippen LogP contribution in [-0.4, -0.2) is 11.9 Å². The average Bonchev–Trinajstić information content (AvgIpc) is 2.40. The minimum atomic E-state index is -1.08. The number of nitrogens with one attached hydrogen (secondary N) is 1. The summed E-state index contributed by atoms with van der Waals surface area (Å²) in [4.78, 5) is 30.8. The molecular weight excluding hydrogens is 236 g/mol. The lowest BCUT2D eigenvalue weighted by atomic mass is 10.1. The number of hydrogen-bond acceptors (Lipinski definition) is 6. The molecule has 0 bridgehead atoms. The highest BCUT2D eigenvalue weighted by molar-refractivity contribution is 6.30. The monoisotopic (exact) mass is 248 g/mol. The van der Waals surface area contributed by atoms with Crippen LogP contribution in [0.3, 0.4) is 0 Å². The predicted octanol–water partition coefficient (Wildman–Crippen LogP) is 1.05. The van der Waals surface area contributed by atoms with Gasteiger partial charge in [-0.25, -0.2) is 9.59 Å². The van der Waals surface area contributed by atoms with E-state index in [2.05, 4.69) is 17.0 Å². The second-order valence-electron chi connectivity index (χ2n) is 3.65. The fraction of sp³-hybridized carbons (Fsp3) is 0.167. The van der Waals surface area contributed by atoms with Crippen LogP contribution in [0.25, 0.3) is 0 Å². The van der Waals surface area contributed by atoms with Gasteiger partial charge in [0.1, 0.15) is 0 Å². The number of allylic oxidation sites excluding steroid dienone is 1. The molecule has 0 atom stereocenters. The first-order chi connectivity index (χ1) is 8.70. The van der Waals surface area contributed by atoms with Crippen molar-refractivity contribution in [2.75, 3.05) is 5.17 Å².